The third-order valence-corrected chi connectivity index (χ3v) is 7.64. The molecular weight excluding hydrogens is 451 g/mol. The zero-order valence-corrected chi connectivity index (χ0v) is 19.4. The molecule has 4 heteroatoms. The maximum atomic E-state index is 8.96. The lowest BCUT2D eigenvalue weighted by atomic mass is 9.71. The molecular formula is C20H32ClIOS. The molecule has 2 unspecified atom stereocenters. The van der Waals surface area contributed by atoms with Gasteiger partial charge in [0.15, 0.2) is 0 Å². The van der Waals surface area contributed by atoms with Gasteiger partial charge in [0.2, 0.25) is 0 Å². The Morgan fingerprint density at radius 1 is 1.33 bits per heavy atom. The topological polar surface area (TPSA) is 20.2 Å². The highest BCUT2D eigenvalue weighted by molar-refractivity contribution is 14.2. The zero-order chi connectivity index (χ0) is 18.3. The van der Waals surface area contributed by atoms with Gasteiger partial charge in [-0.2, -0.15) is 0 Å². The monoisotopic (exact) mass is 482 g/mol. The second kappa shape index (κ2) is 10.6. The lowest BCUT2D eigenvalue weighted by Gasteiger charge is -2.38. The average molecular weight is 483 g/mol. The van der Waals surface area contributed by atoms with E-state index in [9.17, 15) is 0 Å². The van der Waals surface area contributed by atoms with E-state index >= 15 is 0 Å². The van der Waals surface area contributed by atoms with Crippen LogP contribution in [0.15, 0.2) is 34.4 Å². The Labute approximate surface area is 170 Å². The van der Waals surface area contributed by atoms with Crippen molar-refractivity contribution in [1.29, 1.82) is 0 Å². The van der Waals surface area contributed by atoms with Crippen LogP contribution in [0.1, 0.15) is 66.7 Å². The van der Waals surface area contributed by atoms with Crippen LogP contribution >= 0.6 is 41.7 Å². The zero-order valence-electron chi connectivity index (χ0n) is 15.7. The van der Waals surface area contributed by atoms with E-state index in [-0.39, 0.29) is 12.0 Å². The predicted octanol–water partition coefficient (Wildman–Crippen LogP) is 7.24. The number of alkyl halides is 1. The van der Waals surface area contributed by atoms with E-state index in [2.05, 4.69) is 55.0 Å². The summed E-state index contributed by atoms with van der Waals surface area (Å²) in [7, 11) is 1.94. The van der Waals surface area contributed by atoms with Gasteiger partial charge in [-0.1, -0.05) is 57.2 Å². The lowest BCUT2D eigenvalue weighted by molar-refractivity contribution is 0.341. The van der Waals surface area contributed by atoms with E-state index < -0.39 is 0 Å². The summed E-state index contributed by atoms with van der Waals surface area (Å²) in [6, 6.07) is 0. The van der Waals surface area contributed by atoms with Crippen LogP contribution in [0.3, 0.4) is 0 Å². The Bertz CT molecular complexity index is 508. The van der Waals surface area contributed by atoms with Crippen LogP contribution in [0.4, 0.5) is 0 Å². The highest BCUT2D eigenvalue weighted by atomic mass is 127. The minimum absolute atomic E-state index is 0.00195. The summed E-state index contributed by atoms with van der Waals surface area (Å²) in [6.07, 6.45) is 9.75. The molecule has 0 radical (unpaired) electrons. The first-order valence-electron chi connectivity index (χ1n) is 8.76. The second-order valence-electron chi connectivity index (χ2n) is 7.68. The van der Waals surface area contributed by atoms with Crippen molar-refractivity contribution < 1.29 is 5.11 Å². The Kier molecular flexibility index (Phi) is 10.0. The van der Waals surface area contributed by atoms with Crippen LogP contribution in [0.25, 0.3) is 0 Å². The maximum Gasteiger partial charge on any atom is 0.0614 e. The van der Waals surface area contributed by atoms with Gasteiger partial charge in [-0.05, 0) is 79.5 Å². The number of aliphatic hydroxyl groups excluding tert-OH is 1. The number of hydrogen-bond acceptors (Lipinski definition) is 2. The van der Waals surface area contributed by atoms with E-state index in [1.807, 2.05) is 21.9 Å². The van der Waals surface area contributed by atoms with Crippen molar-refractivity contribution in [1.82, 2.24) is 0 Å². The molecule has 0 aliphatic heterocycles. The fraction of sp³-hybridized carbons (Fsp3) is 0.700. The fourth-order valence-electron chi connectivity index (χ4n) is 3.81. The first kappa shape index (κ1) is 22.6. The highest BCUT2D eigenvalue weighted by Gasteiger charge is 2.33. The van der Waals surface area contributed by atoms with Gasteiger partial charge >= 0.3 is 0 Å². The fourth-order valence-corrected chi connectivity index (χ4v) is 6.50. The van der Waals surface area contributed by atoms with Crippen LogP contribution in [0, 0.1) is 5.41 Å². The van der Waals surface area contributed by atoms with Crippen LogP contribution in [0.5, 0.6) is 0 Å². The second-order valence-corrected chi connectivity index (χ2v) is 10.5. The van der Waals surface area contributed by atoms with Gasteiger partial charge in [0, 0.05) is 5.25 Å². The summed E-state index contributed by atoms with van der Waals surface area (Å²) < 4.78 is 0. The van der Waals surface area contributed by atoms with E-state index in [1.54, 1.807) is 11.1 Å². The quantitative estimate of drug-likeness (QED) is 0.223. The average Bonchev–Trinajstić information content (AvgIpc) is 2.44. The van der Waals surface area contributed by atoms with Crippen LogP contribution in [0.2, 0.25) is 0 Å². The summed E-state index contributed by atoms with van der Waals surface area (Å²) >= 11 is 8.95. The molecule has 24 heavy (non-hydrogen) atoms. The van der Waals surface area contributed by atoms with Crippen molar-refractivity contribution in [3.63, 3.8) is 0 Å². The first-order chi connectivity index (χ1) is 11.2. The van der Waals surface area contributed by atoms with Crippen molar-refractivity contribution in [2.75, 3.05) is 6.61 Å². The number of allylic oxidation sites excluding steroid dienone is 4. The van der Waals surface area contributed by atoms with Crippen molar-refractivity contribution in [3.05, 3.63) is 34.4 Å². The molecule has 0 bridgehead atoms. The standard InChI is InChI=1S/C20H32ClIOS/c1-14(8-10-23)11-17(21)12-15(2)13-18(24-22)19-16(3)7-6-9-20(19,4)5/h8,12,17-18,23H,6-7,9-11,13H2,1-5H3/b14-8+,15-12+. The molecule has 2 atom stereocenters. The minimum Gasteiger partial charge on any atom is -0.392 e. The van der Waals surface area contributed by atoms with E-state index in [0.717, 1.165) is 18.4 Å². The third-order valence-electron chi connectivity index (χ3n) is 4.90. The van der Waals surface area contributed by atoms with Crippen LogP contribution < -0.4 is 0 Å². The van der Waals surface area contributed by atoms with E-state index in [1.165, 1.54) is 24.8 Å². The number of aliphatic hydroxyl groups is 1. The largest absolute Gasteiger partial charge is 0.392 e. The summed E-state index contributed by atoms with van der Waals surface area (Å²) in [5, 5.41) is 9.50. The molecule has 138 valence electrons. The summed E-state index contributed by atoms with van der Waals surface area (Å²) in [5.74, 6) is 0. The van der Waals surface area contributed by atoms with Crippen molar-refractivity contribution in [3.8, 4) is 0 Å². The van der Waals surface area contributed by atoms with Crippen molar-refractivity contribution >= 4 is 41.7 Å². The molecule has 0 fully saturated rings. The Balaban J connectivity index is 2.84. The Morgan fingerprint density at radius 3 is 2.54 bits per heavy atom. The molecule has 0 saturated heterocycles. The normalized spacial score (nSPS) is 21.8. The smallest absolute Gasteiger partial charge is 0.0614 e. The molecule has 1 N–H and O–H groups in total. The molecule has 1 rings (SSSR count). The molecule has 0 spiro atoms. The highest BCUT2D eigenvalue weighted by Crippen LogP contribution is 2.47. The van der Waals surface area contributed by atoms with Crippen LogP contribution in [-0.2, 0) is 0 Å². The Morgan fingerprint density at radius 2 is 2.00 bits per heavy atom. The molecule has 1 nitrogen and oxygen atoms in total. The van der Waals surface area contributed by atoms with Gasteiger partial charge in [-0.3, -0.25) is 0 Å². The lowest BCUT2D eigenvalue weighted by Crippen LogP contribution is -2.27. The van der Waals surface area contributed by atoms with Crippen molar-refractivity contribution in [2.45, 2.75) is 77.3 Å². The first-order valence-corrected chi connectivity index (χ1v) is 12.6. The Hall–Kier alpha value is 0.550. The molecule has 0 amide bonds. The van der Waals surface area contributed by atoms with Gasteiger partial charge in [-0.15, -0.1) is 11.6 Å². The number of halogens is 2. The molecule has 0 heterocycles. The predicted molar refractivity (Wildman–Crippen MR) is 119 cm³/mol. The van der Waals surface area contributed by atoms with E-state index in [4.69, 9.17) is 16.7 Å². The molecule has 1 aliphatic carbocycles. The van der Waals surface area contributed by atoms with Gasteiger partial charge in [0.1, 0.15) is 0 Å². The molecule has 0 aromatic carbocycles. The molecule has 0 saturated carbocycles. The maximum absolute atomic E-state index is 8.96. The summed E-state index contributed by atoms with van der Waals surface area (Å²) in [6.45, 7) is 11.4. The van der Waals surface area contributed by atoms with Crippen molar-refractivity contribution in [2.24, 2.45) is 5.41 Å². The van der Waals surface area contributed by atoms with Gasteiger partial charge in [0.25, 0.3) is 0 Å². The summed E-state index contributed by atoms with van der Waals surface area (Å²) in [4.78, 5) is 0. The van der Waals surface area contributed by atoms with E-state index in [0.29, 0.717) is 10.7 Å². The number of hydrogen-bond donors (Lipinski definition) is 1. The van der Waals surface area contributed by atoms with Gasteiger partial charge in [0.05, 0.1) is 12.0 Å². The third kappa shape index (κ3) is 7.05. The number of rotatable bonds is 8. The SMILES string of the molecule is CC1=C(C(C/C(C)=C/C(Cl)C/C(C)=C/CO)SI)C(C)(C)CCC1. The minimum atomic E-state index is 0.00195. The molecule has 0 aromatic heterocycles. The molecule has 1 aliphatic rings. The van der Waals surface area contributed by atoms with Gasteiger partial charge in [-0.25, -0.2) is 0 Å². The molecule has 0 aromatic rings. The van der Waals surface area contributed by atoms with Gasteiger partial charge < -0.3 is 5.11 Å². The van der Waals surface area contributed by atoms with Crippen LogP contribution in [-0.4, -0.2) is 22.3 Å². The summed E-state index contributed by atoms with van der Waals surface area (Å²) in [5.41, 5.74) is 6.07.